The van der Waals surface area contributed by atoms with Crippen molar-refractivity contribution in [3.8, 4) is 0 Å². The van der Waals surface area contributed by atoms with Gasteiger partial charge in [-0.1, -0.05) is 120 Å². The number of esters is 1. The summed E-state index contributed by atoms with van der Waals surface area (Å²) >= 11 is 0. The number of fused-ring (bicyclic) bond motifs is 1. The Balaban J connectivity index is 1.78. The summed E-state index contributed by atoms with van der Waals surface area (Å²) < 4.78 is 19.4. The van der Waals surface area contributed by atoms with Crippen molar-refractivity contribution in [1.82, 2.24) is 0 Å². The van der Waals surface area contributed by atoms with Crippen molar-refractivity contribution in [2.45, 2.75) is 83.0 Å². The monoisotopic (exact) mass is 659 g/mol. The zero-order valence-corrected chi connectivity index (χ0v) is 31.5. The van der Waals surface area contributed by atoms with Crippen molar-refractivity contribution in [1.29, 1.82) is 0 Å². The van der Waals surface area contributed by atoms with Gasteiger partial charge in [0.25, 0.3) is 8.32 Å². The number of rotatable bonds is 12. The van der Waals surface area contributed by atoms with E-state index in [0.29, 0.717) is 19.4 Å². The van der Waals surface area contributed by atoms with Gasteiger partial charge >= 0.3 is 5.97 Å². The van der Waals surface area contributed by atoms with E-state index in [9.17, 15) is 9.59 Å². The maximum absolute atomic E-state index is 14.5. The van der Waals surface area contributed by atoms with E-state index in [1.54, 1.807) is 11.9 Å². The number of methoxy groups -OCH3 is 1. The summed E-state index contributed by atoms with van der Waals surface area (Å²) in [4.78, 5) is 30.1. The van der Waals surface area contributed by atoms with Crippen LogP contribution in [0.15, 0.2) is 84.9 Å². The Labute approximate surface area is 278 Å². The van der Waals surface area contributed by atoms with Gasteiger partial charge in [0.15, 0.2) is 8.32 Å². The number of hydrogen-bond donors (Lipinski definition) is 0. The average molecular weight is 660 g/mol. The van der Waals surface area contributed by atoms with Crippen LogP contribution in [-0.2, 0) is 28.6 Å². The third kappa shape index (κ3) is 6.41. The molecule has 0 saturated carbocycles. The molecule has 8 heteroatoms. The molecule has 0 radical (unpaired) electrons. The first kappa shape index (κ1) is 35.8. The topological polar surface area (TPSA) is 65.1 Å². The van der Waals surface area contributed by atoms with E-state index in [4.69, 9.17) is 13.6 Å². The van der Waals surface area contributed by atoms with E-state index in [-0.39, 0.29) is 22.6 Å². The summed E-state index contributed by atoms with van der Waals surface area (Å²) in [5.74, 6) is -1.28. The average Bonchev–Trinajstić information content (AvgIpc) is 3.23. The molecule has 1 aliphatic rings. The highest BCUT2D eigenvalue weighted by molar-refractivity contribution is 6.99. The normalized spacial score (nSPS) is 18.0. The lowest BCUT2D eigenvalue weighted by Crippen LogP contribution is -2.66. The minimum atomic E-state index is -2.87. The van der Waals surface area contributed by atoms with Crippen molar-refractivity contribution in [2.24, 2.45) is 5.92 Å². The Bertz CT molecular complexity index is 1460. The van der Waals surface area contributed by atoms with Gasteiger partial charge < -0.3 is 18.5 Å². The number of amides is 1. The Morgan fingerprint density at radius 2 is 1.30 bits per heavy atom. The number of para-hydroxylation sites is 1. The van der Waals surface area contributed by atoms with Gasteiger partial charge in [0.05, 0.1) is 18.4 Å². The molecular formula is C38H53NO5Si2. The van der Waals surface area contributed by atoms with E-state index in [2.05, 4.69) is 103 Å². The molecule has 2 atom stereocenters. The first-order valence-corrected chi connectivity index (χ1v) is 21.2. The van der Waals surface area contributed by atoms with Crippen LogP contribution in [0.4, 0.5) is 5.69 Å². The molecule has 0 bridgehead atoms. The SMILES string of the molecule is COC(=O)[C@@H](CCO[Si](c1ccccc1)(c1ccccc1)C(C)(C)C)[C@@]1(CCO[Si](C)(C)C(C)(C)C)C(=O)N(C)c2ccccc21. The van der Waals surface area contributed by atoms with Gasteiger partial charge in [-0.25, -0.2) is 0 Å². The van der Waals surface area contributed by atoms with Crippen LogP contribution >= 0.6 is 0 Å². The summed E-state index contributed by atoms with van der Waals surface area (Å²) in [6, 6.07) is 28.8. The van der Waals surface area contributed by atoms with E-state index >= 15 is 0 Å². The second-order valence-electron chi connectivity index (χ2n) is 15.1. The van der Waals surface area contributed by atoms with Gasteiger partial charge in [-0.3, -0.25) is 9.59 Å². The molecule has 248 valence electrons. The van der Waals surface area contributed by atoms with E-state index in [0.717, 1.165) is 11.3 Å². The zero-order chi connectivity index (χ0) is 34.0. The number of nitrogens with zero attached hydrogens (tertiary/aromatic N) is 1. The highest BCUT2D eigenvalue weighted by Gasteiger charge is 2.58. The van der Waals surface area contributed by atoms with Gasteiger partial charge in [-0.05, 0) is 58.0 Å². The summed E-state index contributed by atoms with van der Waals surface area (Å²) in [7, 11) is -1.78. The Kier molecular flexibility index (Phi) is 10.6. The van der Waals surface area contributed by atoms with E-state index in [1.807, 2.05) is 36.4 Å². The van der Waals surface area contributed by atoms with Crippen LogP contribution in [0.5, 0.6) is 0 Å². The lowest BCUT2D eigenvalue weighted by molar-refractivity contribution is -0.152. The largest absolute Gasteiger partial charge is 0.469 e. The molecule has 3 aromatic carbocycles. The third-order valence-corrected chi connectivity index (χ3v) is 20.0. The number of anilines is 1. The molecule has 4 rings (SSSR count). The maximum Gasteiger partial charge on any atom is 0.310 e. The quantitative estimate of drug-likeness (QED) is 0.154. The van der Waals surface area contributed by atoms with Crippen LogP contribution in [0.1, 0.15) is 59.9 Å². The highest BCUT2D eigenvalue weighted by Crippen LogP contribution is 2.50. The molecule has 1 heterocycles. The minimum Gasteiger partial charge on any atom is -0.469 e. The van der Waals surface area contributed by atoms with Gasteiger partial charge in [-0.2, -0.15) is 0 Å². The fraction of sp³-hybridized carbons (Fsp3) is 0.474. The summed E-state index contributed by atoms with van der Waals surface area (Å²) in [5.41, 5.74) is 0.527. The molecule has 0 aliphatic carbocycles. The Hall–Kier alpha value is -3.05. The minimum absolute atomic E-state index is 0.0138. The number of ether oxygens (including phenoxy) is 1. The van der Waals surface area contributed by atoms with Crippen LogP contribution < -0.4 is 15.3 Å². The van der Waals surface area contributed by atoms with Gasteiger partial charge in [0, 0.05) is 25.9 Å². The molecule has 3 aromatic rings. The van der Waals surface area contributed by atoms with E-state index in [1.165, 1.54) is 17.5 Å². The predicted molar refractivity (Wildman–Crippen MR) is 193 cm³/mol. The predicted octanol–water partition coefficient (Wildman–Crippen LogP) is 7.07. The zero-order valence-electron chi connectivity index (χ0n) is 29.5. The van der Waals surface area contributed by atoms with Crippen LogP contribution in [0.3, 0.4) is 0 Å². The molecule has 1 amide bonds. The van der Waals surface area contributed by atoms with Crippen molar-refractivity contribution < 1.29 is 23.2 Å². The van der Waals surface area contributed by atoms with Crippen LogP contribution in [0, 0.1) is 5.92 Å². The summed E-state index contributed by atoms with van der Waals surface area (Å²) in [6.45, 7) is 18.4. The second kappa shape index (κ2) is 13.6. The molecule has 6 nitrogen and oxygen atoms in total. The van der Waals surface area contributed by atoms with Gasteiger partial charge in [0.1, 0.15) is 0 Å². The molecule has 46 heavy (non-hydrogen) atoms. The van der Waals surface area contributed by atoms with Crippen molar-refractivity contribution >= 4 is 44.6 Å². The molecular weight excluding hydrogens is 607 g/mol. The highest BCUT2D eigenvalue weighted by atomic mass is 28.4. The first-order chi connectivity index (χ1) is 21.5. The standard InChI is InChI=1S/C38H53NO5Si2/c1-36(2,3)45(9,10)43-28-26-38(31-23-17-18-24-33(31)39(7)35(38)41)32(34(40)42-8)25-27-44-46(37(4,5)6,29-19-13-11-14-20-29)30-21-15-12-16-22-30/h11-24,32H,25-28H2,1-10H3/t32-,38+/m1/s1. The number of benzene rings is 3. The second-order valence-corrected chi connectivity index (χ2v) is 24.2. The maximum atomic E-state index is 14.5. The molecule has 0 fully saturated rings. The van der Waals surface area contributed by atoms with Crippen LogP contribution in [0.25, 0.3) is 0 Å². The van der Waals surface area contributed by atoms with E-state index < -0.39 is 33.9 Å². The smallest absolute Gasteiger partial charge is 0.310 e. The Morgan fingerprint density at radius 1 is 0.783 bits per heavy atom. The third-order valence-electron chi connectivity index (χ3n) is 10.4. The van der Waals surface area contributed by atoms with Crippen LogP contribution in [-0.4, -0.2) is 55.9 Å². The Morgan fingerprint density at radius 3 is 1.80 bits per heavy atom. The molecule has 0 N–H and O–H groups in total. The molecule has 1 aliphatic heterocycles. The number of carbonyl (C=O) groups is 2. The summed E-state index contributed by atoms with van der Waals surface area (Å²) in [6.07, 6.45) is 0.698. The van der Waals surface area contributed by atoms with Crippen molar-refractivity contribution in [3.63, 3.8) is 0 Å². The lowest BCUT2D eigenvalue weighted by Gasteiger charge is -2.44. The van der Waals surface area contributed by atoms with Crippen molar-refractivity contribution in [2.75, 3.05) is 32.3 Å². The summed E-state index contributed by atoms with van der Waals surface area (Å²) in [5, 5.41) is 2.13. The first-order valence-electron chi connectivity index (χ1n) is 16.4. The van der Waals surface area contributed by atoms with Gasteiger partial charge in [-0.15, -0.1) is 0 Å². The molecule has 0 saturated heterocycles. The number of likely N-dealkylation sites (N-methyl/N-ethyl adjacent to an activating group) is 1. The fourth-order valence-electron chi connectivity index (χ4n) is 6.90. The van der Waals surface area contributed by atoms with Gasteiger partial charge in [0.2, 0.25) is 5.91 Å². The lowest BCUT2D eigenvalue weighted by atomic mass is 9.67. The number of carbonyl (C=O) groups excluding carboxylic acids is 2. The molecule has 0 unspecified atom stereocenters. The molecule has 0 aromatic heterocycles. The van der Waals surface area contributed by atoms with Crippen LogP contribution in [0.2, 0.25) is 23.2 Å². The molecule has 0 spiro atoms. The van der Waals surface area contributed by atoms with Crippen molar-refractivity contribution in [3.05, 3.63) is 90.5 Å². The fourth-order valence-corrected chi connectivity index (χ4v) is 12.5. The number of hydrogen-bond acceptors (Lipinski definition) is 5.